The Kier molecular flexibility index (Phi) is 4.00. The second-order valence-electron chi connectivity index (χ2n) is 4.58. The number of aromatic nitrogens is 1. The van der Waals surface area contributed by atoms with Crippen molar-refractivity contribution in [3.63, 3.8) is 0 Å². The minimum absolute atomic E-state index is 0.113. The number of amides is 1. The molecule has 0 bridgehead atoms. The quantitative estimate of drug-likeness (QED) is 0.899. The highest BCUT2D eigenvalue weighted by Gasteiger charge is 2.06. The number of halogens is 1. The van der Waals surface area contributed by atoms with Crippen LogP contribution in [0, 0.1) is 19.7 Å². The van der Waals surface area contributed by atoms with E-state index in [1.54, 1.807) is 12.1 Å². The minimum Gasteiger partial charge on any atom is -0.349 e. The molecule has 0 aliphatic rings. The molecule has 2 aromatic rings. The van der Waals surface area contributed by atoms with Crippen LogP contribution in [0.15, 0.2) is 36.4 Å². The average Bonchev–Trinajstić information content (AvgIpc) is 2.67. The first-order valence-electron chi connectivity index (χ1n) is 6.24. The molecule has 0 spiro atoms. The Morgan fingerprint density at radius 3 is 2.53 bits per heavy atom. The molecule has 0 radical (unpaired) electrons. The summed E-state index contributed by atoms with van der Waals surface area (Å²) in [5.74, 6) is -0.465. The van der Waals surface area contributed by atoms with Crippen molar-refractivity contribution in [2.75, 3.05) is 5.32 Å². The van der Waals surface area contributed by atoms with E-state index in [9.17, 15) is 9.18 Å². The first-order chi connectivity index (χ1) is 9.06. The normalized spacial score (nSPS) is 10.5. The van der Waals surface area contributed by atoms with E-state index in [1.165, 1.54) is 12.1 Å². The maximum Gasteiger partial charge on any atom is 0.226 e. The molecular weight excluding hydrogens is 243 g/mol. The maximum atomic E-state index is 13.0. The van der Waals surface area contributed by atoms with E-state index in [0.717, 1.165) is 11.4 Å². The first kappa shape index (κ1) is 13.3. The molecular formula is C15H17FN2O. The Hall–Kier alpha value is -2.10. The van der Waals surface area contributed by atoms with Crippen LogP contribution in [0.3, 0.4) is 0 Å². The van der Waals surface area contributed by atoms with Gasteiger partial charge in [-0.2, -0.15) is 0 Å². The summed E-state index contributed by atoms with van der Waals surface area (Å²) < 4.78 is 15.1. The summed E-state index contributed by atoms with van der Waals surface area (Å²) in [5, 5.41) is 2.69. The van der Waals surface area contributed by atoms with Crippen LogP contribution in [-0.2, 0) is 11.3 Å². The zero-order chi connectivity index (χ0) is 13.8. The van der Waals surface area contributed by atoms with E-state index in [4.69, 9.17) is 0 Å². The fourth-order valence-corrected chi connectivity index (χ4v) is 2.06. The molecule has 19 heavy (non-hydrogen) atoms. The average molecular weight is 260 g/mol. The molecule has 0 fully saturated rings. The van der Waals surface area contributed by atoms with Crippen LogP contribution in [0.4, 0.5) is 10.1 Å². The van der Waals surface area contributed by atoms with Crippen molar-refractivity contribution in [2.24, 2.45) is 0 Å². The zero-order valence-electron chi connectivity index (χ0n) is 11.1. The van der Waals surface area contributed by atoms with Crippen LogP contribution in [0.2, 0.25) is 0 Å². The van der Waals surface area contributed by atoms with Crippen LogP contribution >= 0.6 is 0 Å². The summed E-state index contributed by atoms with van der Waals surface area (Å²) in [4.78, 5) is 11.8. The summed E-state index contributed by atoms with van der Waals surface area (Å²) in [6.45, 7) is 4.65. The van der Waals surface area contributed by atoms with E-state index in [-0.39, 0.29) is 11.7 Å². The van der Waals surface area contributed by atoms with Crippen molar-refractivity contribution in [3.8, 4) is 0 Å². The van der Waals surface area contributed by atoms with Gasteiger partial charge in [0.05, 0.1) is 0 Å². The Morgan fingerprint density at radius 1 is 1.21 bits per heavy atom. The minimum atomic E-state index is -0.352. The maximum absolute atomic E-state index is 13.0. The molecule has 0 saturated heterocycles. The molecule has 1 amide bonds. The molecule has 3 nitrogen and oxygen atoms in total. The van der Waals surface area contributed by atoms with Gasteiger partial charge in [-0.15, -0.1) is 0 Å². The largest absolute Gasteiger partial charge is 0.349 e. The molecule has 100 valence electrons. The summed E-state index contributed by atoms with van der Waals surface area (Å²) in [6, 6.07) is 9.96. The topological polar surface area (TPSA) is 34.0 Å². The van der Waals surface area contributed by atoms with Crippen LogP contribution in [0.1, 0.15) is 17.8 Å². The van der Waals surface area contributed by atoms with Gasteiger partial charge in [-0.25, -0.2) is 4.39 Å². The summed E-state index contributed by atoms with van der Waals surface area (Å²) in [7, 11) is 0. The first-order valence-corrected chi connectivity index (χ1v) is 6.24. The highest BCUT2D eigenvalue weighted by Crippen LogP contribution is 2.11. The number of anilines is 1. The Morgan fingerprint density at radius 2 is 1.89 bits per heavy atom. The number of carbonyl (C=O) groups excluding carboxylic acids is 1. The highest BCUT2D eigenvalue weighted by atomic mass is 19.1. The molecule has 1 aromatic carbocycles. The lowest BCUT2D eigenvalue weighted by Gasteiger charge is -2.09. The van der Waals surface area contributed by atoms with Crippen LogP contribution in [0.25, 0.3) is 0 Å². The second kappa shape index (κ2) is 5.69. The van der Waals surface area contributed by atoms with E-state index >= 15 is 0 Å². The Labute approximate surface area is 112 Å². The van der Waals surface area contributed by atoms with Crippen LogP contribution in [0.5, 0.6) is 0 Å². The van der Waals surface area contributed by atoms with Gasteiger partial charge in [0.25, 0.3) is 0 Å². The predicted molar refractivity (Wildman–Crippen MR) is 73.6 cm³/mol. The van der Waals surface area contributed by atoms with Crippen molar-refractivity contribution < 1.29 is 9.18 Å². The molecule has 1 N–H and O–H groups in total. The smallest absolute Gasteiger partial charge is 0.226 e. The predicted octanol–water partition coefficient (Wildman–Crippen LogP) is 3.27. The van der Waals surface area contributed by atoms with Crippen LogP contribution < -0.4 is 5.32 Å². The van der Waals surface area contributed by atoms with Gasteiger partial charge >= 0.3 is 0 Å². The van der Waals surface area contributed by atoms with Crippen molar-refractivity contribution in [2.45, 2.75) is 26.8 Å². The number of carbonyl (C=O) groups is 1. The lowest BCUT2D eigenvalue weighted by atomic mass is 10.3. The van der Waals surface area contributed by atoms with Crippen molar-refractivity contribution >= 4 is 11.6 Å². The summed E-state index contributed by atoms with van der Waals surface area (Å²) in [6.07, 6.45) is 0.368. The van der Waals surface area contributed by atoms with Gasteiger partial charge in [-0.3, -0.25) is 4.79 Å². The third-order valence-corrected chi connectivity index (χ3v) is 3.09. The summed E-state index contributed by atoms with van der Waals surface area (Å²) in [5.41, 5.74) is 2.76. The fourth-order valence-electron chi connectivity index (χ4n) is 2.06. The number of hydrogen-bond acceptors (Lipinski definition) is 1. The van der Waals surface area contributed by atoms with E-state index in [0.29, 0.717) is 18.7 Å². The van der Waals surface area contributed by atoms with Crippen LogP contribution in [-0.4, -0.2) is 10.5 Å². The van der Waals surface area contributed by atoms with Crippen molar-refractivity contribution in [1.82, 2.24) is 4.57 Å². The van der Waals surface area contributed by atoms with Gasteiger partial charge in [-0.1, -0.05) is 6.07 Å². The van der Waals surface area contributed by atoms with Crippen molar-refractivity contribution in [3.05, 3.63) is 53.6 Å². The highest BCUT2D eigenvalue weighted by molar-refractivity contribution is 5.90. The SMILES string of the molecule is Cc1ccc(C)n1CCC(=O)Nc1cccc(F)c1. The van der Waals surface area contributed by atoms with Gasteiger partial charge in [0.1, 0.15) is 5.82 Å². The molecule has 0 unspecified atom stereocenters. The number of hydrogen-bond donors (Lipinski definition) is 1. The molecule has 4 heteroatoms. The lowest BCUT2D eigenvalue weighted by Crippen LogP contribution is -2.15. The van der Waals surface area contributed by atoms with E-state index in [1.807, 2.05) is 26.0 Å². The van der Waals surface area contributed by atoms with E-state index < -0.39 is 0 Å². The molecule has 0 aliphatic heterocycles. The van der Waals surface area contributed by atoms with Gasteiger partial charge in [-0.05, 0) is 44.2 Å². The third kappa shape index (κ3) is 3.44. The van der Waals surface area contributed by atoms with Crippen molar-refractivity contribution in [1.29, 1.82) is 0 Å². The molecule has 1 aromatic heterocycles. The second-order valence-corrected chi connectivity index (χ2v) is 4.58. The fraction of sp³-hybridized carbons (Fsp3) is 0.267. The van der Waals surface area contributed by atoms with Gasteiger partial charge in [0, 0.05) is 30.0 Å². The Balaban J connectivity index is 1.92. The van der Waals surface area contributed by atoms with Gasteiger partial charge < -0.3 is 9.88 Å². The monoisotopic (exact) mass is 260 g/mol. The molecule has 0 atom stereocenters. The number of benzene rings is 1. The molecule has 0 aliphatic carbocycles. The lowest BCUT2D eigenvalue weighted by molar-refractivity contribution is -0.116. The number of nitrogens with one attached hydrogen (secondary N) is 1. The number of aryl methyl sites for hydroxylation is 2. The zero-order valence-corrected chi connectivity index (χ0v) is 11.1. The summed E-state index contributed by atoms with van der Waals surface area (Å²) >= 11 is 0. The standard InChI is InChI=1S/C15H17FN2O/c1-11-6-7-12(2)18(11)9-8-15(19)17-14-5-3-4-13(16)10-14/h3-7,10H,8-9H2,1-2H3,(H,17,19). The number of rotatable bonds is 4. The number of nitrogens with zero attached hydrogens (tertiary/aromatic N) is 1. The molecule has 1 heterocycles. The van der Waals surface area contributed by atoms with E-state index in [2.05, 4.69) is 9.88 Å². The third-order valence-electron chi connectivity index (χ3n) is 3.09. The van der Waals surface area contributed by atoms with Gasteiger partial charge in [0.2, 0.25) is 5.91 Å². The molecule has 2 rings (SSSR count). The van der Waals surface area contributed by atoms with Gasteiger partial charge in [0.15, 0.2) is 0 Å². The Bertz CT molecular complexity index is 570. The molecule has 0 saturated carbocycles.